The average Bonchev–Trinajstić information content (AvgIpc) is 2.32. The number of halogens is 6. The maximum absolute atomic E-state index is 10.7. The van der Waals surface area contributed by atoms with Crippen molar-refractivity contribution in [3.63, 3.8) is 0 Å². The van der Waals surface area contributed by atoms with E-state index in [9.17, 15) is 25.2 Å². The van der Waals surface area contributed by atoms with E-state index >= 15 is 0 Å². The van der Waals surface area contributed by atoms with Gasteiger partial charge in [-0.3, -0.25) is 0 Å². The Morgan fingerprint density at radius 2 is 1.29 bits per heavy atom. The zero-order chi connectivity index (χ0) is 17.0. The maximum atomic E-state index is 9.87. The average molecular weight is 358 g/mol. The predicted octanol–water partition coefficient (Wildman–Crippen LogP) is 5.71. The van der Waals surface area contributed by atoms with Gasteiger partial charge < -0.3 is 9.47 Å². The molecule has 0 radical (unpaired) electrons. The number of rotatable bonds is 4. The molecule has 1 aromatic rings. The Hall–Kier alpha value is -0.820. The van der Waals surface area contributed by atoms with Gasteiger partial charge in [-0.05, 0) is 19.1 Å². The van der Waals surface area contributed by atoms with Crippen LogP contribution in [0.2, 0.25) is 0 Å². The van der Waals surface area contributed by atoms with Gasteiger partial charge in [0.15, 0.2) is 11.5 Å². The van der Waals surface area contributed by atoms with E-state index in [2.05, 4.69) is 13.2 Å². The van der Waals surface area contributed by atoms with Gasteiger partial charge in [0.25, 0.3) is 0 Å². The molecule has 0 amide bonds. The van der Waals surface area contributed by atoms with E-state index in [1.807, 2.05) is 18.2 Å². The Kier molecular flexibility index (Phi) is 5.88. The molecule has 2 nitrogen and oxygen atoms in total. The summed E-state index contributed by atoms with van der Waals surface area (Å²) < 4.78 is 69.9. The first-order chi connectivity index (χ1) is 9.19. The van der Waals surface area contributed by atoms with Gasteiger partial charge >= 0.3 is 33.0 Å². The summed E-state index contributed by atoms with van der Waals surface area (Å²) in [4.78, 5) is 1.19. The van der Waals surface area contributed by atoms with Crippen molar-refractivity contribution >= 4 is 18.7 Å². The van der Waals surface area contributed by atoms with E-state index < -0.39 is 7.81 Å². The SMILES string of the molecule is CC[S+](C)c1c(OC)cccc1OC.F[P-](F)(F)(F)(F)F. The van der Waals surface area contributed by atoms with Crippen LogP contribution in [-0.2, 0) is 10.9 Å². The van der Waals surface area contributed by atoms with Crippen LogP contribution in [0.4, 0.5) is 25.2 Å². The standard InChI is InChI=1S/C11H17O2S.F6P/c1-5-14(4)11-9(12-2)7-6-8-10(11)13-3;1-7(2,3,4,5)6/h6-8H,5H2,1-4H3;/q+1;-1. The molecule has 0 heterocycles. The van der Waals surface area contributed by atoms with Crippen LogP contribution in [0.3, 0.4) is 0 Å². The van der Waals surface area contributed by atoms with Gasteiger partial charge in [0, 0.05) is 10.9 Å². The molecule has 1 rings (SSSR count). The Bertz CT molecular complexity index is 443. The van der Waals surface area contributed by atoms with Crippen LogP contribution in [-0.4, -0.2) is 26.2 Å². The van der Waals surface area contributed by atoms with E-state index in [0.717, 1.165) is 17.3 Å². The quantitative estimate of drug-likeness (QED) is 0.390. The molecule has 0 spiro atoms. The van der Waals surface area contributed by atoms with Gasteiger partial charge in [0.2, 0.25) is 4.90 Å². The summed E-state index contributed by atoms with van der Waals surface area (Å²) in [6, 6.07) is 5.92. The molecule has 21 heavy (non-hydrogen) atoms. The van der Waals surface area contributed by atoms with Crippen molar-refractivity contribution < 1.29 is 34.7 Å². The van der Waals surface area contributed by atoms with Crippen LogP contribution in [0.5, 0.6) is 11.5 Å². The molecule has 0 aliphatic heterocycles. The molecule has 126 valence electrons. The normalized spacial score (nSPS) is 15.9. The zero-order valence-electron chi connectivity index (χ0n) is 11.9. The minimum atomic E-state index is -10.7. The van der Waals surface area contributed by atoms with Gasteiger partial charge in [-0.2, -0.15) is 0 Å². The number of ether oxygens (including phenoxy) is 2. The molecular formula is C11H17F6O2PS. The Morgan fingerprint density at radius 3 is 1.52 bits per heavy atom. The Morgan fingerprint density at radius 1 is 0.952 bits per heavy atom. The van der Waals surface area contributed by atoms with Crippen molar-refractivity contribution in [1.29, 1.82) is 0 Å². The number of hydrogen-bond donors (Lipinski definition) is 0. The van der Waals surface area contributed by atoms with E-state index in [0.29, 0.717) is 0 Å². The van der Waals surface area contributed by atoms with Crippen LogP contribution in [0.15, 0.2) is 23.1 Å². The molecule has 0 bridgehead atoms. The number of methoxy groups -OCH3 is 2. The molecule has 0 aromatic heterocycles. The second-order valence-corrected chi connectivity index (χ2v) is 8.05. The molecule has 0 aliphatic rings. The molecule has 0 N–H and O–H groups in total. The van der Waals surface area contributed by atoms with E-state index in [1.54, 1.807) is 14.2 Å². The van der Waals surface area contributed by atoms with Gasteiger partial charge in [-0.15, -0.1) is 0 Å². The number of benzene rings is 1. The Labute approximate surface area is 122 Å². The third-order valence-corrected chi connectivity index (χ3v) is 4.13. The summed E-state index contributed by atoms with van der Waals surface area (Å²) in [6.07, 6.45) is 2.21. The van der Waals surface area contributed by atoms with Crippen LogP contribution >= 0.6 is 7.81 Å². The van der Waals surface area contributed by atoms with Gasteiger partial charge in [0.1, 0.15) is 12.0 Å². The van der Waals surface area contributed by atoms with E-state index in [4.69, 9.17) is 9.47 Å². The molecule has 0 fully saturated rings. The predicted molar refractivity (Wildman–Crippen MR) is 75.2 cm³/mol. The summed E-state index contributed by atoms with van der Waals surface area (Å²) in [7, 11) is -7.07. The first kappa shape index (κ1) is 20.2. The molecule has 10 heteroatoms. The molecule has 1 aromatic carbocycles. The summed E-state index contributed by atoms with van der Waals surface area (Å²) in [5, 5.41) is 0. The van der Waals surface area contributed by atoms with Crippen LogP contribution in [0.1, 0.15) is 6.92 Å². The van der Waals surface area contributed by atoms with Crippen molar-refractivity contribution in [3.05, 3.63) is 18.2 Å². The fourth-order valence-electron chi connectivity index (χ4n) is 1.30. The second kappa shape index (κ2) is 6.12. The topological polar surface area (TPSA) is 18.5 Å². The van der Waals surface area contributed by atoms with Crippen molar-refractivity contribution in [1.82, 2.24) is 0 Å². The van der Waals surface area contributed by atoms with Crippen LogP contribution in [0.25, 0.3) is 0 Å². The third-order valence-electron chi connectivity index (χ3n) is 2.16. The molecular weight excluding hydrogens is 341 g/mol. The van der Waals surface area contributed by atoms with Gasteiger partial charge in [-0.1, -0.05) is 6.07 Å². The summed E-state index contributed by atoms with van der Waals surface area (Å²) in [6.45, 7) is 2.18. The van der Waals surface area contributed by atoms with Crippen molar-refractivity contribution in [3.8, 4) is 11.5 Å². The van der Waals surface area contributed by atoms with Gasteiger partial charge in [0.05, 0.1) is 14.2 Å². The molecule has 0 saturated carbocycles. The van der Waals surface area contributed by atoms with Crippen molar-refractivity contribution in [2.24, 2.45) is 0 Å². The van der Waals surface area contributed by atoms with E-state index in [-0.39, 0.29) is 10.9 Å². The van der Waals surface area contributed by atoms with Crippen LogP contribution in [0, 0.1) is 0 Å². The fourth-order valence-corrected chi connectivity index (χ4v) is 2.58. The van der Waals surface area contributed by atoms with E-state index in [1.165, 1.54) is 4.90 Å². The zero-order valence-corrected chi connectivity index (χ0v) is 13.6. The summed E-state index contributed by atoms with van der Waals surface area (Å²) >= 11 is 0. The molecule has 0 aliphatic carbocycles. The minimum absolute atomic E-state index is 0.187. The summed E-state index contributed by atoms with van der Waals surface area (Å²) in [5.74, 6) is 2.96. The first-order valence-corrected chi connectivity index (χ1v) is 9.42. The van der Waals surface area contributed by atoms with Crippen molar-refractivity contribution in [2.45, 2.75) is 11.8 Å². The third kappa shape index (κ3) is 10.5. The first-order valence-electron chi connectivity index (χ1n) is 5.59. The van der Waals surface area contributed by atoms with Crippen molar-refractivity contribution in [2.75, 3.05) is 26.2 Å². The monoisotopic (exact) mass is 358 g/mol. The summed E-state index contributed by atoms with van der Waals surface area (Å²) in [5.41, 5.74) is 0. The Balaban J connectivity index is 0.000000486. The van der Waals surface area contributed by atoms with Crippen LogP contribution < -0.4 is 9.47 Å². The molecule has 1 atom stereocenters. The second-order valence-electron chi connectivity index (χ2n) is 3.88. The molecule has 0 saturated heterocycles. The fraction of sp³-hybridized carbons (Fsp3) is 0.455. The van der Waals surface area contributed by atoms with Gasteiger partial charge in [-0.25, -0.2) is 0 Å². The number of hydrogen-bond acceptors (Lipinski definition) is 2. The molecule has 1 unspecified atom stereocenters.